The lowest BCUT2D eigenvalue weighted by Gasteiger charge is -2.11. The molecule has 2 aromatic carbocycles. The second-order valence-electron chi connectivity index (χ2n) is 6.14. The lowest BCUT2D eigenvalue weighted by molar-refractivity contribution is -0.135. The molecule has 2 amide bonds. The van der Waals surface area contributed by atoms with E-state index in [1.807, 2.05) is 24.3 Å². The third kappa shape index (κ3) is 4.07. The first-order valence-corrected chi connectivity index (χ1v) is 10.6. The van der Waals surface area contributed by atoms with Crippen LogP contribution in [0.25, 0.3) is 10.2 Å². The maximum Gasteiger partial charge on any atom is 0.331 e. The zero-order valence-electron chi connectivity index (χ0n) is 16.4. The van der Waals surface area contributed by atoms with Crippen LogP contribution in [-0.4, -0.2) is 42.2 Å². The van der Waals surface area contributed by atoms with E-state index in [1.165, 1.54) is 30.5 Å². The molecule has 1 aromatic heterocycles. The second-order valence-corrected chi connectivity index (χ2v) is 8.16. The maximum absolute atomic E-state index is 13.1. The highest BCUT2D eigenvalue weighted by Crippen LogP contribution is 2.38. The van der Waals surface area contributed by atoms with Crippen LogP contribution in [0.1, 0.15) is 10.4 Å². The molecule has 31 heavy (non-hydrogen) atoms. The minimum Gasteiger partial charge on any atom is -0.496 e. The fourth-order valence-electron chi connectivity index (χ4n) is 2.81. The molecule has 0 radical (unpaired) electrons. The van der Waals surface area contributed by atoms with Crippen LogP contribution in [0, 0.1) is 0 Å². The van der Waals surface area contributed by atoms with Crippen molar-refractivity contribution >= 4 is 61.4 Å². The zero-order chi connectivity index (χ0) is 22.0. The summed E-state index contributed by atoms with van der Waals surface area (Å²) in [5, 5.41) is 0.439. The number of benzene rings is 2. The van der Waals surface area contributed by atoms with Gasteiger partial charge in [0.05, 0.1) is 34.9 Å². The summed E-state index contributed by atoms with van der Waals surface area (Å²) in [4.78, 5) is 47.6. The fourth-order valence-corrected chi connectivity index (χ4v) is 4.75. The van der Waals surface area contributed by atoms with Crippen molar-refractivity contribution in [3.05, 3.63) is 65.1 Å². The van der Waals surface area contributed by atoms with E-state index in [2.05, 4.69) is 14.7 Å². The molecule has 0 saturated carbocycles. The minimum atomic E-state index is -0.683. The molecule has 2 heterocycles. The zero-order valence-corrected chi connectivity index (χ0v) is 18.0. The Kier molecular flexibility index (Phi) is 5.83. The Morgan fingerprint density at radius 2 is 1.84 bits per heavy atom. The lowest BCUT2D eigenvalue weighted by Crippen LogP contribution is -2.29. The smallest absolute Gasteiger partial charge is 0.331 e. The number of esters is 1. The number of thioether (sulfide) groups is 1. The molecule has 0 unspecified atom stereocenters. The SMILES string of the molecule is COC(=O)/C=C1\SC(=NC(=O)c2ccccc2OC)N(c2nc3ccccc3s2)C1=O. The summed E-state index contributed by atoms with van der Waals surface area (Å²) < 4.78 is 10.7. The van der Waals surface area contributed by atoms with Gasteiger partial charge in [0, 0.05) is 6.08 Å². The predicted octanol–water partition coefficient (Wildman–Crippen LogP) is 3.64. The molecule has 0 spiro atoms. The van der Waals surface area contributed by atoms with Crippen LogP contribution in [0.4, 0.5) is 5.13 Å². The van der Waals surface area contributed by atoms with E-state index < -0.39 is 17.8 Å². The van der Waals surface area contributed by atoms with Gasteiger partial charge in [0.15, 0.2) is 10.3 Å². The van der Waals surface area contributed by atoms with Crippen molar-refractivity contribution in [2.45, 2.75) is 0 Å². The van der Waals surface area contributed by atoms with Crippen LogP contribution >= 0.6 is 23.1 Å². The Hall–Kier alpha value is -3.50. The van der Waals surface area contributed by atoms with Gasteiger partial charge in [0.2, 0.25) is 0 Å². The van der Waals surface area contributed by atoms with Crippen molar-refractivity contribution in [1.82, 2.24) is 4.98 Å². The topological polar surface area (TPSA) is 98.2 Å². The van der Waals surface area contributed by atoms with Gasteiger partial charge in [-0.05, 0) is 36.0 Å². The molecule has 1 aliphatic rings. The number of carbonyl (C=O) groups is 3. The summed E-state index contributed by atoms with van der Waals surface area (Å²) in [6.07, 6.45) is 1.07. The van der Waals surface area contributed by atoms with E-state index in [9.17, 15) is 14.4 Å². The highest BCUT2D eigenvalue weighted by atomic mass is 32.2. The van der Waals surface area contributed by atoms with Gasteiger partial charge in [0.1, 0.15) is 5.75 Å². The standard InChI is InChI=1S/C21H15N3O5S2/c1-28-14-9-5-3-7-12(14)18(26)23-21-24(19(27)16(31-21)11-17(25)29-2)20-22-13-8-4-6-10-15(13)30-20/h3-11H,1-2H3/b16-11-,23-21?. The van der Waals surface area contributed by atoms with Gasteiger partial charge < -0.3 is 9.47 Å². The van der Waals surface area contributed by atoms with Crippen molar-refractivity contribution in [2.24, 2.45) is 4.99 Å². The number of aromatic nitrogens is 1. The Bertz CT molecular complexity index is 1230. The van der Waals surface area contributed by atoms with Crippen LogP contribution in [0.3, 0.4) is 0 Å². The number of ether oxygens (including phenoxy) is 2. The second kappa shape index (κ2) is 8.70. The number of nitrogens with zero attached hydrogens (tertiary/aromatic N) is 3. The molecule has 1 fully saturated rings. The summed E-state index contributed by atoms with van der Waals surface area (Å²) >= 11 is 2.18. The van der Waals surface area contributed by atoms with Gasteiger partial charge in [-0.25, -0.2) is 14.7 Å². The van der Waals surface area contributed by atoms with E-state index in [0.29, 0.717) is 16.4 Å². The van der Waals surface area contributed by atoms with Gasteiger partial charge >= 0.3 is 5.97 Å². The van der Waals surface area contributed by atoms with Crippen LogP contribution in [0.2, 0.25) is 0 Å². The summed E-state index contributed by atoms with van der Waals surface area (Å²) in [5.74, 6) is -1.42. The number of hydrogen-bond donors (Lipinski definition) is 0. The molecular formula is C21H15N3O5S2. The summed E-state index contributed by atoms with van der Waals surface area (Å²) in [6, 6.07) is 14.1. The Balaban J connectivity index is 1.79. The average Bonchev–Trinajstić information content (AvgIpc) is 3.33. The number of methoxy groups -OCH3 is 2. The van der Waals surface area contributed by atoms with E-state index >= 15 is 0 Å². The van der Waals surface area contributed by atoms with Crippen molar-refractivity contribution in [3.8, 4) is 5.75 Å². The first kappa shape index (κ1) is 20.8. The van der Waals surface area contributed by atoms with Crippen molar-refractivity contribution < 1.29 is 23.9 Å². The normalized spacial score (nSPS) is 16.3. The average molecular weight is 454 g/mol. The van der Waals surface area contributed by atoms with E-state index in [-0.39, 0.29) is 15.6 Å². The fraction of sp³-hybridized carbons (Fsp3) is 0.0952. The van der Waals surface area contributed by atoms with E-state index in [1.54, 1.807) is 24.3 Å². The van der Waals surface area contributed by atoms with Crippen molar-refractivity contribution in [2.75, 3.05) is 19.1 Å². The first-order valence-electron chi connectivity index (χ1n) is 8.95. The third-order valence-electron chi connectivity index (χ3n) is 4.26. The Labute approximate surface area is 185 Å². The van der Waals surface area contributed by atoms with E-state index in [4.69, 9.17) is 4.74 Å². The number of aliphatic imine (C=N–C) groups is 1. The number of fused-ring (bicyclic) bond motifs is 1. The van der Waals surface area contributed by atoms with Crippen LogP contribution in [0.15, 0.2) is 64.5 Å². The molecule has 1 saturated heterocycles. The summed E-state index contributed by atoms with van der Waals surface area (Å²) in [5.41, 5.74) is 0.960. The molecule has 4 rings (SSSR count). The molecule has 0 bridgehead atoms. The number of amidine groups is 1. The van der Waals surface area contributed by atoms with Gasteiger partial charge in [-0.3, -0.25) is 9.59 Å². The number of para-hydroxylation sites is 2. The molecule has 0 N–H and O–H groups in total. The number of carbonyl (C=O) groups excluding carboxylic acids is 3. The van der Waals surface area contributed by atoms with Crippen LogP contribution < -0.4 is 9.64 Å². The molecule has 156 valence electrons. The van der Waals surface area contributed by atoms with Crippen LogP contribution in [-0.2, 0) is 14.3 Å². The summed E-state index contributed by atoms with van der Waals surface area (Å²) in [6.45, 7) is 0. The molecule has 10 heteroatoms. The first-order chi connectivity index (χ1) is 15.0. The van der Waals surface area contributed by atoms with Crippen molar-refractivity contribution in [3.63, 3.8) is 0 Å². The monoisotopic (exact) mass is 453 g/mol. The largest absolute Gasteiger partial charge is 0.496 e. The lowest BCUT2D eigenvalue weighted by atomic mass is 10.2. The van der Waals surface area contributed by atoms with Gasteiger partial charge in [-0.15, -0.1) is 0 Å². The van der Waals surface area contributed by atoms with Crippen LogP contribution in [0.5, 0.6) is 5.75 Å². The van der Waals surface area contributed by atoms with Gasteiger partial charge in [-0.1, -0.05) is 35.6 Å². The maximum atomic E-state index is 13.1. The number of thiazole rings is 1. The number of amides is 2. The predicted molar refractivity (Wildman–Crippen MR) is 120 cm³/mol. The highest BCUT2D eigenvalue weighted by Gasteiger charge is 2.38. The van der Waals surface area contributed by atoms with Gasteiger partial charge in [0.25, 0.3) is 11.8 Å². The Morgan fingerprint density at radius 1 is 1.10 bits per heavy atom. The molecular weight excluding hydrogens is 438 g/mol. The van der Waals surface area contributed by atoms with E-state index in [0.717, 1.165) is 22.5 Å². The summed E-state index contributed by atoms with van der Waals surface area (Å²) in [7, 11) is 2.67. The quantitative estimate of drug-likeness (QED) is 0.439. The Morgan fingerprint density at radius 3 is 2.58 bits per heavy atom. The minimum absolute atomic E-state index is 0.0812. The molecule has 3 aromatic rings. The molecule has 0 atom stereocenters. The van der Waals surface area contributed by atoms with Gasteiger partial charge in [-0.2, -0.15) is 4.99 Å². The third-order valence-corrected chi connectivity index (χ3v) is 6.26. The highest BCUT2D eigenvalue weighted by molar-refractivity contribution is 8.19. The molecule has 1 aliphatic heterocycles. The number of hydrogen-bond acceptors (Lipinski definition) is 8. The molecule has 8 nitrogen and oxygen atoms in total. The van der Waals surface area contributed by atoms with Crippen molar-refractivity contribution in [1.29, 1.82) is 0 Å². The number of rotatable bonds is 4. The molecule has 0 aliphatic carbocycles. The number of anilines is 1.